The molecule has 1 N–H and O–H groups in total. The highest BCUT2D eigenvalue weighted by Gasteiger charge is 2.21. The highest BCUT2D eigenvalue weighted by Crippen LogP contribution is 2.33. The Hall–Kier alpha value is -2.50. The van der Waals surface area contributed by atoms with Crippen LogP contribution in [0.5, 0.6) is 5.75 Å². The fraction of sp³-hybridized carbons (Fsp3) is 0.286. The van der Waals surface area contributed by atoms with Crippen LogP contribution in [0.25, 0.3) is 10.9 Å². The summed E-state index contributed by atoms with van der Waals surface area (Å²) in [7, 11) is 2.55. The van der Waals surface area contributed by atoms with Gasteiger partial charge in [-0.25, -0.2) is 9.59 Å². The quantitative estimate of drug-likeness (QED) is 0.862. The Balaban J connectivity index is 2.51. The van der Waals surface area contributed by atoms with Crippen LogP contribution in [-0.2, 0) is 14.3 Å². The molecular weight excluding hydrogens is 262 g/mol. The van der Waals surface area contributed by atoms with E-state index >= 15 is 0 Å². The molecule has 1 heterocycles. The van der Waals surface area contributed by atoms with Crippen molar-refractivity contribution in [3.05, 3.63) is 29.5 Å². The predicted octanol–water partition coefficient (Wildman–Crippen LogP) is 1.81. The minimum Gasteiger partial charge on any atom is -0.479 e. The van der Waals surface area contributed by atoms with E-state index in [9.17, 15) is 9.59 Å². The topological polar surface area (TPSA) is 77.6 Å². The number of H-pyrrole nitrogens is 1. The number of hydrogen-bond donors (Lipinski definition) is 1. The summed E-state index contributed by atoms with van der Waals surface area (Å²) in [6.45, 7) is 1.62. The summed E-state index contributed by atoms with van der Waals surface area (Å²) in [5.74, 6) is -0.778. The molecule has 0 amide bonds. The van der Waals surface area contributed by atoms with E-state index in [1.54, 1.807) is 0 Å². The van der Waals surface area contributed by atoms with Crippen molar-refractivity contribution in [3.63, 3.8) is 0 Å². The molecule has 6 nitrogen and oxygen atoms in total. The van der Waals surface area contributed by atoms with Gasteiger partial charge in [0.1, 0.15) is 0 Å². The second-order valence-electron chi connectivity index (χ2n) is 4.18. The highest BCUT2D eigenvalue weighted by molar-refractivity contribution is 6.02. The van der Waals surface area contributed by atoms with E-state index in [-0.39, 0.29) is 12.3 Å². The number of aryl methyl sites for hydroxylation is 1. The summed E-state index contributed by atoms with van der Waals surface area (Å²) in [5, 5.41) is 0.747. The fourth-order valence-electron chi connectivity index (χ4n) is 1.97. The second-order valence-corrected chi connectivity index (χ2v) is 4.18. The van der Waals surface area contributed by atoms with Crippen LogP contribution in [0.15, 0.2) is 18.2 Å². The van der Waals surface area contributed by atoms with Crippen molar-refractivity contribution >= 4 is 22.8 Å². The molecule has 106 valence electrons. The lowest BCUT2D eigenvalue weighted by Gasteiger charge is -2.06. The van der Waals surface area contributed by atoms with Crippen molar-refractivity contribution in [1.29, 1.82) is 0 Å². The lowest BCUT2D eigenvalue weighted by molar-refractivity contribution is -0.142. The van der Waals surface area contributed by atoms with Crippen molar-refractivity contribution < 1.29 is 23.8 Å². The summed E-state index contributed by atoms with van der Waals surface area (Å²) >= 11 is 0. The van der Waals surface area contributed by atoms with Gasteiger partial charge in [-0.1, -0.05) is 12.1 Å². The van der Waals surface area contributed by atoms with E-state index < -0.39 is 11.9 Å². The zero-order valence-corrected chi connectivity index (χ0v) is 11.5. The minimum absolute atomic E-state index is 0.181. The monoisotopic (exact) mass is 277 g/mol. The van der Waals surface area contributed by atoms with Crippen molar-refractivity contribution in [2.45, 2.75) is 6.92 Å². The molecule has 0 radical (unpaired) electrons. The van der Waals surface area contributed by atoms with Crippen LogP contribution in [0.3, 0.4) is 0 Å². The third-order valence-electron chi connectivity index (χ3n) is 2.94. The summed E-state index contributed by atoms with van der Waals surface area (Å²) < 4.78 is 14.7. The molecule has 20 heavy (non-hydrogen) atoms. The first-order valence-electron chi connectivity index (χ1n) is 5.97. The number of rotatable bonds is 4. The molecule has 1 aromatic heterocycles. The van der Waals surface area contributed by atoms with Crippen molar-refractivity contribution in [2.75, 3.05) is 20.8 Å². The van der Waals surface area contributed by atoms with Gasteiger partial charge in [-0.3, -0.25) is 0 Å². The van der Waals surface area contributed by atoms with Gasteiger partial charge in [0, 0.05) is 5.39 Å². The summed E-state index contributed by atoms with van der Waals surface area (Å²) in [6.07, 6.45) is 0. The van der Waals surface area contributed by atoms with E-state index in [4.69, 9.17) is 9.47 Å². The number of aromatic amines is 1. The van der Waals surface area contributed by atoms with Crippen LogP contribution in [0.4, 0.5) is 0 Å². The molecule has 0 aliphatic rings. The maximum atomic E-state index is 11.8. The van der Waals surface area contributed by atoms with E-state index in [1.807, 2.05) is 25.1 Å². The minimum atomic E-state index is -0.555. The Labute approximate surface area is 115 Å². The Morgan fingerprint density at radius 1 is 1.20 bits per heavy atom. The van der Waals surface area contributed by atoms with Crippen LogP contribution in [0.2, 0.25) is 0 Å². The maximum Gasteiger partial charge on any atom is 0.358 e. The molecule has 6 heteroatoms. The number of aromatic nitrogens is 1. The van der Waals surface area contributed by atoms with Crippen molar-refractivity contribution in [3.8, 4) is 5.75 Å². The van der Waals surface area contributed by atoms with Gasteiger partial charge >= 0.3 is 11.9 Å². The highest BCUT2D eigenvalue weighted by atomic mass is 16.6. The number of fused-ring (bicyclic) bond motifs is 1. The molecule has 0 saturated carbocycles. The van der Waals surface area contributed by atoms with E-state index in [0.29, 0.717) is 5.75 Å². The first-order valence-corrected chi connectivity index (χ1v) is 5.97. The van der Waals surface area contributed by atoms with Crippen LogP contribution in [0.1, 0.15) is 16.1 Å². The number of methoxy groups -OCH3 is 2. The number of benzene rings is 1. The molecule has 0 spiro atoms. The number of esters is 2. The summed E-state index contributed by atoms with van der Waals surface area (Å²) in [6, 6.07) is 5.57. The zero-order valence-electron chi connectivity index (χ0n) is 11.5. The molecule has 0 bridgehead atoms. The summed E-state index contributed by atoms with van der Waals surface area (Å²) in [4.78, 5) is 25.9. The molecule has 2 aromatic rings. The fourth-order valence-corrected chi connectivity index (χ4v) is 1.97. The van der Waals surface area contributed by atoms with E-state index in [1.165, 1.54) is 14.2 Å². The Morgan fingerprint density at radius 3 is 2.60 bits per heavy atom. The summed E-state index contributed by atoms with van der Waals surface area (Å²) in [5.41, 5.74) is 1.85. The number of hydrogen-bond acceptors (Lipinski definition) is 5. The van der Waals surface area contributed by atoms with Crippen molar-refractivity contribution in [2.24, 2.45) is 0 Å². The van der Waals surface area contributed by atoms with Crippen molar-refractivity contribution in [1.82, 2.24) is 4.98 Å². The number of carbonyl (C=O) groups is 2. The van der Waals surface area contributed by atoms with Gasteiger partial charge in [-0.15, -0.1) is 0 Å². The van der Waals surface area contributed by atoms with Gasteiger partial charge < -0.3 is 19.2 Å². The molecule has 0 aliphatic heterocycles. The Kier molecular flexibility index (Phi) is 3.93. The van der Waals surface area contributed by atoms with Crippen LogP contribution in [0, 0.1) is 6.92 Å². The van der Waals surface area contributed by atoms with Gasteiger partial charge in [0.2, 0.25) is 0 Å². The molecule has 0 fully saturated rings. The molecular formula is C14H15NO5. The standard InChI is InChI=1S/C14H15NO5/c1-8-5-4-6-9-11(8)13(20-7-10(16)18-2)12(15-9)14(17)19-3/h4-6,15H,7H2,1-3H3. The molecule has 0 atom stereocenters. The molecule has 0 aliphatic carbocycles. The Morgan fingerprint density at radius 2 is 1.95 bits per heavy atom. The van der Waals surface area contributed by atoms with Gasteiger partial charge in [0.15, 0.2) is 18.1 Å². The van der Waals surface area contributed by atoms with Gasteiger partial charge in [0.05, 0.1) is 19.7 Å². The molecule has 1 aromatic carbocycles. The second kappa shape index (κ2) is 5.64. The van der Waals surface area contributed by atoms with Crippen LogP contribution < -0.4 is 4.74 Å². The average molecular weight is 277 g/mol. The number of ether oxygens (including phenoxy) is 3. The number of nitrogens with one attached hydrogen (secondary N) is 1. The third kappa shape index (κ3) is 2.45. The molecule has 0 unspecified atom stereocenters. The van der Waals surface area contributed by atoms with E-state index in [2.05, 4.69) is 9.72 Å². The normalized spacial score (nSPS) is 10.3. The largest absolute Gasteiger partial charge is 0.479 e. The van der Waals surface area contributed by atoms with Gasteiger partial charge in [-0.2, -0.15) is 0 Å². The smallest absolute Gasteiger partial charge is 0.358 e. The van der Waals surface area contributed by atoms with Gasteiger partial charge in [0.25, 0.3) is 0 Å². The first kappa shape index (κ1) is 13.9. The van der Waals surface area contributed by atoms with E-state index in [0.717, 1.165) is 16.5 Å². The first-order chi connectivity index (χ1) is 9.58. The number of carbonyl (C=O) groups excluding carboxylic acids is 2. The third-order valence-corrected chi connectivity index (χ3v) is 2.94. The lowest BCUT2D eigenvalue weighted by Crippen LogP contribution is -2.14. The molecule has 0 saturated heterocycles. The SMILES string of the molecule is COC(=O)COc1c(C(=O)OC)[nH]c2cccc(C)c12. The molecule has 2 rings (SSSR count). The average Bonchev–Trinajstić information content (AvgIpc) is 2.83. The Bertz CT molecular complexity index is 659. The maximum absolute atomic E-state index is 11.8. The lowest BCUT2D eigenvalue weighted by atomic mass is 10.1. The van der Waals surface area contributed by atoms with Gasteiger partial charge in [-0.05, 0) is 18.6 Å². The predicted molar refractivity (Wildman–Crippen MR) is 71.9 cm³/mol. The van der Waals surface area contributed by atoms with Crippen LogP contribution in [-0.4, -0.2) is 37.7 Å². The zero-order chi connectivity index (χ0) is 14.7. The van der Waals surface area contributed by atoms with Crippen LogP contribution >= 0.6 is 0 Å².